The molecule has 6 fully saturated rings. The summed E-state index contributed by atoms with van der Waals surface area (Å²) >= 11 is 0. The third-order valence-electron chi connectivity index (χ3n) is 12.6. The van der Waals surface area contributed by atoms with E-state index in [9.17, 15) is 9.90 Å². The van der Waals surface area contributed by atoms with Crippen LogP contribution in [0.4, 0.5) is 0 Å². The fourth-order valence-electron chi connectivity index (χ4n) is 11.0. The normalized spacial score (nSPS) is 58.3. The van der Waals surface area contributed by atoms with Crippen molar-refractivity contribution >= 4 is 5.78 Å². The standard InChI is InChI=1S/C28H44O3/c1-17-6-9-22(24(2,3)30)31-20-15-26(5)21-8-7-18-14-19(29)10-11-27(18)16-28(21,27)13-12-25(26,4)23(17)20/h17-18,20-23,30H,6-16H2,1-5H3/t17-,18+,20+,21+,22-,23+,25-,26+,27-,28+/m1/s1. The van der Waals surface area contributed by atoms with Gasteiger partial charge in [-0.2, -0.15) is 0 Å². The van der Waals surface area contributed by atoms with Crippen LogP contribution in [0.5, 0.6) is 0 Å². The van der Waals surface area contributed by atoms with Gasteiger partial charge in [0.2, 0.25) is 0 Å². The molecule has 10 atom stereocenters. The van der Waals surface area contributed by atoms with Crippen molar-refractivity contribution in [3.8, 4) is 0 Å². The van der Waals surface area contributed by atoms with Crippen LogP contribution in [0.2, 0.25) is 0 Å². The van der Waals surface area contributed by atoms with Gasteiger partial charge in [-0.1, -0.05) is 20.8 Å². The molecule has 6 aliphatic rings. The molecule has 5 aliphatic carbocycles. The highest BCUT2D eigenvalue weighted by Crippen LogP contribution is 2.87. The lowest BCUT2D eigenvalue weighted by atomic mass is 9.43. The Bertz CT molecular complexity index is 799. The number of hydrogen-bond acceptors (Lipinski definition) is 3. The van der Waals surface area contributed by atoms with Gasteiger partial charge in [-0.25, -0.2) is 0 Å². The van der Waals surface area contributed by atoms with Crippen LogP contribution in [0.25, 0.3) is 0 Å². The molecule has 0 amide bonds. The van der Waals surface area contributed by atoms with Crippen LogP contribution in [0.3, 0.4) is 0 Å². The van der Waals surface area contributed by atoms with E-state index in [1.54, 1.807) is 0 Å². The smallest absolute Gasteiger partial charge is 0.133 e. The topological polar surface area (TPSA) is 46.5 Å². The lowest BCUT2D eigenvalue weighted by Gasteiger charge is -2.61. The Morgan fingerprint density at radius 2 is 1.77 bits per heavy atom. The number of carbonyl (C=O) groups is 1. The van der Waals surface area contributed by atoms with E-state index in [1.807, 2.05) is 13.8 Å². The summed E-state index contributed by atoms with van der Waals surface area (Å²) < 4.78 is 6.84. The van der Waals surface area contributed by atoms with Crippen LogP contribution in [0, 0.1) is 45.3 Å². The lowest BCUT2D eigenvalue weighted by molar-refractivity contribution is -0.139. The summed E-state index contributed by atoms with van der Waals surface area (Å²) in [6, 6.07) is 0. The van der Waals surface area contributed by atoms with Gasteiger partial charge in [-0.3, -0.25) is 4.79 Å². The van der Waals surface area contributed by atoms with E-state index >= 15 is 0 Å². The molecule has 3 nitrogen and oxygen atoms in total. The first-order valence-electron chi connectivity index (χ1n) is 13.4. The van der Waals surface area contributed by atoms with Crippen molar-refractivity contribution in [3.05, 3.63) is 0 Å². The maximum atomic E-state index is 12.2. The molecule has 0 aromatic carbocycles. The number of hydrogen-bond donors (Lipinski definition) is 1. The maximum Gasteiger partial charge on any atom is 0.133 e. The van der Waals surface area contributed by atoms with E-state index in [-0.39, 0.29) is 6.10 Å². The van der Waals surface area contributed by atoms with Crippen molar-refractivity contribution < 1.29 is 14.6 Å². The van der Waals surface area contributed by atoms with Gasteiger partial charge < -0.3 is 9.84 Å². The zero-order chi connectivity index (χ0) is 22.0. The highest BCUT2D eigenvalue weighted by atomic mass is 16.5. The van der Waals surface area contributed by atoms with Gasteiger partial charge in [0.25, 0.3) is 0 Å². The van der Waals surface area contributed by atoms with Crippen LogP contribution >= 0.6 is 0 Å². The van der Waals surface area contributed by atoms with Gasteiger partial charge in [0.1, 0.15) is 5.78 Å². The van der Waals surface area contributed by atoms with Crippen LogP contribution in [-0.2, 0) is 9.53 Å². The number of fused-ring (bicyclic) bond motifs is 4. The molecule has 1 heterocycles. The molecule has 5 saturated carbocycles. The summed E-state index contributed by atoms with van der Waals surface area (Å²) in [4.78, 5) is 12.2. The van der Waals surface area contributed by atoms with Crippen LogP contribution in [-0.4, -0.2) is 28.7 Å². The van der Waals surface area contributed by atoms with Crippen molar-refractivity contribution in [3.63, 3.8) is 0 Å². The van der Waals surface area contributed by atoms with Crippen LogP contribution in [0.1, 0.15) is 105 Å². The first kappa shape index (κ1) is 21.1. The third-order valence-corrected chi connectivity index (χ3v) is 12.6. The van der Waals surface area contributed by atoms with E-state index in [1.165, 1.54) is 51.4 Å². The number of Topliss-reactive ketones (excluding diaryl/α,β-unsaturated/α-hetero) is 1. The fourth-order valence-corrected chi connectivity index (χ4v) is 11.0. The number of carbonyl (C=O) groups excluding carboxylic acids is 1. The molecule has 31 heavy (non-hydrogen) atoms. The minimum absolute atomic E-state index is 0.0429. The third kappa shape index (κ3) is 2.47. The molecule has 6 rings (SSSR count). The number of aliphatic hydroxyl groups is 1. The van der Waals surface area contributed by atoms with Crippen LogP contribution < -0.4 is 0 Å². The van der Waals surface area contributed by atoms with E-state index in [0.717, 1.165) is 25.2 Å². The summed E-state index contributed by atoms with van der Waals surface area (Å²) in [5.41, 5.74) is 0.918. The van der Waals surface area contributed by atoms with Gasteiger partial charge in [-0.15, -0.1) is 0 Å². The predicted octanol–water partition coefficient (Wildman–Crippen LogP) is 5.92. The number of ether oxygens (including phenoxy) is 1. The molecule has 2 spiro atoms. The summed E-state index contributed by atoms with van der Waals surface area (Å²) in [6.07, 6.45) is 13.2. The zero-order valence-corrected chi connectivity index (χ0v) is 20.5. The van der Waals surface area contributed by atoms with Crippen molar-refractivity contribution in [1.82, 2.24) is 0 Å². The van der Waals surface area contributed by atoms with Crippen molar-refractivity contribution in [2.75, 3.05) is 0 Å². The molecule has 1 N–H and O–H groups in total. The molecule has 1 aliphatic heterocycles. The molecule has 1 saturated heterocycles. The van der Waals surface area contributed by atoms with Gasteiger partial charge in [0, 0.05) is 12.8 Å². The molecule has 3 heteroatoms. The minimum atomic E-state index is -0.765. The molecule has 174 valence electrons. The zero-order valence-electron chi connectivity index (χ0n) is 20.5. The quantitative estimate of drug-likeness (QED) is 0.563. The van der Waals surface area contributed by atoms with E-state index in [4.69, 9.17) is 4.74 Å². The highest BCUT2D eigenvalue weighted by Gasteiger charge is 2.81. The summed E-state index contributed by atoms with van der Waals surface area (Å²) in [5.74, 6) is 3.29. The minimum Gasteiger partial charge on any atom is -0.388 e. The average molecular weight is 429 g/mol. The summed E-state index contributed by atoms with van der Waals surface area (Å²) in [7, 11) is 0. The Balaban J connectivity index is 1.36. The second kappa shape index (κ2) is 6.17. The molecule has 0 aromatic heterocycles. The molecule has 0 unspecified atom stereocenters. The van der Waals surface area contributed by atoms with Crippen molar-refractivity contribution in [2.24, 2.45) is 45.3 Å². The SMILES string of the molecule is C[C@@H]1CC[C@H](C(C)(C)O)O[C@H]2C[C@@]3(C)[C@@H]4CC[C@H]5CC(=O)CC[C@@]56C[C@@]46CC[C@]3(C)[C@@H]12. The molecule has 0 aromatic rings. The summed E-state index contributed by atoms with van der Waals surface area (Å²) in [6.45, 7) is 11.6. The number of rotatable bonds is 1. The van der Waals surface area contributed by atoms with Gasteiger partial charge in [0.05, 0.1) is 17.8 Å². The van der Waals surface area contributed by atoms with E-state index in [0.29, 0.717) is 51.3 Å². The maximum absolute atomic E-state index is 12.2. The molecular formula is C28H44O3. The van der Waals surface area contributed by atoms with Gasteiger partial charge >= 0.3 is 0 Å². The Kier molecular flexibility index (Phi) is 4.21. The fraction of sp³-hybridized carbons (Fsp3) is 0.964. The second-order valence-electron chi connectivity index (χ2n) is 14.0. The Labute approximate surface area is 189 Å². The predicted molar refractivity (Wildman–Crippen MR) is 121 cm³/mol. The van der Waals surface area contributed by atoms with E-state index < -0.39 is 5.60 Å². The molecule has 0 bridgehead atoms. The first-order valence-corrected chi connectivity index (χ1v) is 13.4. The Hall–Kier alpha value is -0.410. The highest BCUT2D eigenvalue weighted by molar-refractivity contribution is 5.80. The van der Waals surface area contributed by atoms with Crippen molar-refractivity contribution in [2.45, 2.75) is 123 Å². The largest absolute Gasteiger partial charge is 0.388 e. The van der Waals surface area contributed by atoms with Gasteiger partial charge in [-0.05, 0) is 117 Å². The molecular weight excluding hydrogens is 384 g/mol. The Morgan fingerprint density at radius 3 is 2.52 bits per heavy atom. The number of ketones is 1. The average Bonchev–Trinajstić information content (AvgIpc) is 3.32. The first-order chi connectivity index (χ1) is 14.5. The van der Waals surface area contributed by atoms with Gasteiger partial charge in [0.15, 0.2) is 0 Å². The van der Waals surface area contributed by atoms with Crippen molar-refractivity contribution in [1.29, 1.82) is 0 Å². The van der Waals surface area contributed by atoms with Crippen LogP contribution in [0.15, 0.2) is 0 Å². The summed E-state index contributed by atoms with van der Waals surface area (Å²) in [5, 5.41) is 10.8. The second-order valence-corrected chi connectivity index (χ2v) is 14.0. The monoisotopic (exact) mass is 428 g/mol. The lowest BCUT2D eigenvalue weighted by Crippen LogP contribution is -2.54. The Morgan fingerprint density at radius 1 is 1.00 bits per heavy atom. The molecule has 0 radical (unpaired) electrons. The van der Waals surface area contributed by atoms with E-state index in [2.05, 4.69) is 20.8 Å².